The van der Waals surface area contributed by atoms with Crippen LogP contribution >= 0.6 is 11.3 Å². The maximum atomic E-state index is 13.3. The first-order valence-corrected chi connectivity index (χ1v) is 13.2. The van der Waals surface area contributed by atoms with Gasteiger partial charge >= 0.3 is 0 Å². The number of nitrogens with two attached hydrogens (primary N) is 1. The molecule has 8 nitrogen and oxygen atoms in total. The first-order chi connectivity index (χ1) is 18.7. The molecular weight excluding hydrogens is 513 g/mol. The molecule has 5 N–H and O–H groups in total. The molecule has 0 fully saturated rings. The molecule has 198 valence electrons. The number of hydrogen-bond acceptors (Lipinski definition) is 7. The van der Waals surface area contributed by atoms with Gasteiger partial charge in [0, 0.05) is 11.9 Å². The van der Waals surface area contributed by atoms with E-state index in [1.54, 1.807) is 36.5 Å². The van der Waals surface area contributed by atoms with Gasteiger partial charge in [-0.1, -0.05) is 32.0 Å². The van der Waals surface area contributed by atoms with Gasteiger partial charge in [-0.2, -0.15) is 0 Å². The molecule has 0 bridgehead atoms. The van der Waals surface area contributed by atoms with Gasteiger partial charge in [0.15, 0.2) is 0 Å². The van der Waals surface area contributed by atoms with Crippen LogP contribution in [0.2, 0.25) is 0 Å². The summed E-state index contributed by atoms with van der Waals surface area (Å²) in [4.78, 5) is 30.6. The minimum absolute atomic E-state index is 0.263. The van der Waals surface area contributed by atoms with Gasteiger partial charge in [-0.3, -0.25) is 4.79 Å². The van der Waals surface area contributed by atoms with E-state index in [1.165, 1.54) is 23.5 Å². The van der Waals surface area contributed by atoms with Crippen LogP contribution in [0, 0.1) is 19.7 Å². The molecule has 0 aliphatic rings. The molecule has 3 heterocycles. The van der Waals surface area contributed by atoms with Crippen molar-refractivity contribution in [2.75, 3.05) is 16.4 Å². The number of thiophene rings is 1. The minimum atomic E-state index is -0.311. The van der Waals surface area contributed by atoms with Crippen molar-refractivity contribution in [3.63, 3.8) is 0 Å². The Morgan fingerprint density at radius 1 is 1.03 bits per heavy atom. The molecule has 0 saturated heterocycles. The second kappa shape index (κ2) is 10.7. The van der Waals surface area contributed by atoms with Gasteiger partial charge in [0.1, 0.15) is 17.3 Å². The molecule has 1 amide bonds. The second-order valence-electron chi connectivity index (χ2n) is 9.52. The molecular formula is C29H28FN7OS. The molecule has 2 aromatic carbocycles. The zero-order valence-corrected chi connectivity index (χ0v) is 22.8. The van der Waals surface area contributed by atoms with Crippen molar-refractivity contribution < 1.29 is 9.18 Å². The smallest absolute Gasteiger partial charge is 0.265 e. The number of imidazole rings is 1. The Morgan fingerprint density at radius 3 is 2.51 bits per heavy atom. The molecule has 0 atom stereocenters. The van der Waals surface area contributed by atoms with E-state index in [1.807, 2.05) is 26.0 Å². The van der Waals surface area contributed by atoms with Gasteiger partial charge < -0.3 is 21.4 Å². The molecule has 5 aromatic rings. The lowest BCUT2D eigenvalue weighted by Crippen LogP contribution is -2.11. The highest BCUT2D eigenvalue weighted by molar-refractivity contribution is 7.18. The van der Waals surface area contributed by atoms with Crippen LogP contribution in [0.4, 0.5) is 26.7 Å². The van der Waals surface area contributed by atoms with Gasteiger partial charge in [0.2, 0.25) is 5.95 Å². The number of nitrogens with zero attached hydrogens (tertiary/aromatic N) is 3. The minimum Gasteiger partial charge on any atom is -0.397 e. The number of anilines is 4. The lowest BCUT2D eigenvalue weighted by Gasteiger charge is -2.10. The number of aromatic nitrogens is 4. The number of benzene rings is 2. The van der Waals surface area contributed by atoms with E-state index >= 15 is 0 Å². The van der Waals surface area contributed by atoms with E-state index in [2.05, 4.69) is 44.4 Å². The predicted octanol–water partition coefficient (Wildman–Crippen LogP) is 7.05. The normalized spacial score (nSPS) is 11.1. The third kappa shape index (κ3) is 5.65. The van der Waals surface area contributed by atoms with Crippen LogP contribution in [0.3, 0.4) is 0 Å². The fraction of sp³-hybridized carbons (Fsp3) is 0.172. The second-order valence-corrected chi connectivity index (χ2v) is 10.6. The Kier molecular flexibility index (Phi) is 7.12. The highest BCUT2D eigenvalue weighted by Gasteiger charge is 2.18. The van der Waals surface area contributed by atoms with E-state index in [4.69, 9.17) is 5.73 Å². The highest BCUT2D eigenvalue weighted by atomic mass is 32.1. The molecule has 10 heteroatoms. The Bertz CT molecular complexity index is 1660. The number of nitrogens with one attached hydrogen (secondary N) is 3. The molecule has 0 saturated carbocycles. The number of aryl methyl sites for hydroxylation is 2. The number of rotatable bonds is 7. The van der Waals surface area contributed by atoms with Gasteiger partial charge in [-0.05, 0) is 72.9 Å². The summed E-state index contributed by atoms with van der Waals surface area (Å²) in [6.45, 7) is 8.04. The number of aromatic amines is 1. The highest BCUT2D eigenvalue weighted by Crippen LogP contribution is 2.33. The van der Waals surface area contributed by atoms with Crippen LogP contribution in [0.15, 0.2) is 60.8 Å². The Morgan fingerprint density at radius 2 is 1.77 bits per heavy atom. The van der Waals surface area contributed by atoms with E-state index in [-0.39, 0.29) is 17.6 Å². The molecule has 0 aliphatic heterocycles. The zero-order valence-electron chi connectivity index (χ0n) is 22.0. The largest absolute Gasteiger partial charge is 0.397 e. The number of amides is 1. The third-order valence-corrected chi connectivity index (χ3v) is 7.32. The quantitative estimate of drug-likeness (QED) is 0.164. The summed E-state index contributed by atoms with van der Waals surface area (Å²) < 4.78 is 13.3. The first kappa shape index (κ1) is 26.1. The van der Waals surface area contributed by atoms with Crippen LogP contribution in [0.25, 0.3) is 22.5 Å². The topological polar surface area (TPSA) is 122 Å². The Hall–Kier alpha value is -4.57. The maximum Gasteiger partial charge on any atom is 0.265 e. The van der Waals surface area contributed by atoms with Crippen LogP contribution in [-0.4, -0.2) is 25.8 Å². The number of carbonyl (C=O) groups is 1. The van der Waals surface area contributed by atoms with Crippen molar-refractivity contribution in [1.82, 2.24) is 19.9 Å². The van der Waals surface area contributed by atoms with Gasteiger partial charge in [0.05, 0.1) is 26.9 Å². The van der Waals surface area contributed by atoms with Crippen LogP contribution in [0.5, 0.6) is 0 Å². The number of carbonyl (C=O) groups excluding carboxylic acids is 1. The van der Waals surface area contributed by atoms with Crippen LogP contribution in [0.1, 0.15) is 46.5 Å². The van der Waals surface area contributed by atoms with Crippen molar-refractivity contribution >= 4 is 39.6 Å². The Balaban J connectivity index is 1.35. The van der Waals surface area contributed by atoms with Gasteiger partial charge in [-0.15, -0.1) is 11.3 Å². The predicted molar refractivity (Wildman–Crippen MR) is 155 cm³/mol. The average Bonchev–Trinajstić information content (AvgIpc) is 3.48. The molecule has 0 spiro atoms. The lowest BCUT2D eigenvalue weighted by atomic mass is 10.0. The van der Waals surface area contributed by atoms with Crippen molar-refractivity contribution in [1.29, 1.82) is 0 Å². The molecule has 3 aromatic heterocycles. The summed E-state index contributed by atoms with van der Waals surface area (Å²) in [5, 5.41) is 6.91. The summed E-state index contributed by atoms with van der Waals surface area (Å²) >= 11 is 1.30. The number of hydrogen-bond donors (Lipinski definition) is 4. The van der Waals surface area contributed by atoms with Crippen molar-refractivity contribution in [2.24, 2.45) is 0 Å². The fourth-order valence-electron chi connectivity index (χ4n) is 4.16. The summed E-state index contributed by atoms with van der Waals surface area (Å²) in [6.07, 6.45) is 1.69. The lowest BCUT2D eigenvalue weighted by molar-refractivity contribution is 0.103. The summed E-state index contributed by atoms with van der Waals surface area (Å²) in [5.41, 5.74) is 12.1. The summed E-state index contributed by atoms with van der Waals surface area (Å²) in [7, 11) is 0. The molecule has 39 heavy (non-hydrogen) atoms. The number of H-pyrrole nitrogens is 1. The molecule has 5 rings (SSSR count). The standard InChI is InChI=1S/C29H28FN7OS/c1-15(2)25-26(34-17(4)33-25)22-11-12-32-29(36-22)37-28-16(3)13-24(39-28)27(38)35-23-14-19(7-10-21(23)31)18-5-8-20(30)9-6-18/h5-15H,31H2,1-4H3,(H,33,34)(H,35,38)(H,32,36,37). The van der Waals surface area contributed by atoms with Crippen LogP contribution in [-0.2, 0) is 0 Å². The molecule has 0 radical (unpaired) electrons. The Labute approximate surface area is 229 Å². The monoisotopic (exact) mass is 541 g/mol. The fourth-order valence-corrected chi connectivity index (χ4v) is 5.13. The van der Waals surface area contributed by atoms with E-state index in [0.29, 0.717) is 27.9 Å². The van der Waals surface area contributed by atoms with Crippen LogP contribution < -0.4 is 16.4 Å². The number of nitrogen functional groups attached to an aromatic ring is 1. The van der Waals surface area contributed by atoms with E-state index in [9.17, 15) is 9.18 Å². The summed E-state index contributed by atoms with van der Waals surface area (Å²) in [6, 6.07) is 15.1. The number of halogens is 1. The maximum absolute atomic E-state index is 13.3. The van der Waals surface area contributed by atoms with Gasteiger partial charge in [-0.25, -0.2) is 19.3 Å². The zero-order chi connectivity index (χ0) is 27.7. The van der Waals surface area contributed by atoms with E-state index < -0.39 is 0 Å². The summed E-state index contributed by atoms with van der Waals surface area (Å²) in [5.74, 6) is 0.904. The molecule has 0 aliphatic carbocycles. The van der Waals surface area contributed by atoms with Crippen molar-refractivity contribution in [3.8, 4) is 22.5 Å². The van der Waals surface area contributed by atoms with Gasteiger partial charge in [0.25, 0.3) is 5.91 Å². The third-order valence-electron chi connectivity index (χ3n) is 6.17. The SMILES string of the molecule is Cc1nc(-c2ccnc(Nc3sc(C(=O)Nc4cc(-c5ccc(F)cc5)ccc4N)cc3C)n2)c(C(C)C)[nH]1. The average molecular weight is 542 g/mol. The first-order valence-electron chi connectivity index (χ1n) is 12.4. The molecule has 0 unspecified atom stereocenters. The van der Waals surface area contributed by atoms with Crippen molar-refractivity contribution in [2.45, 2.75) is 33.6 Å². The van der Waals surface area contributed by atoms with E-state index in [0.717, 1.165) is 38.9 Å². The van der Waals surface area contributed by atoms with Crippen molar-refractivity contribution in [3.05, 3.63) is 88.6 Å².